The zero-order valence-electron chi connectivity index (χ0n) is 13.5. The van der Waals surface area contributed by atoms with Gasteiger partial charge in [-0.05, 0) is 29.5 Å². The van der Waals surface area contributed by atoms with Crippen molar-refractivity contribution in [1.82, 2.24) is 4.90 Å². The Hall–Kier alpha value is -2.62. The molecule has 0 saturated heterocycles. The summed E-state index contributed by atoms with van der Waals surface area (Å²) in [6.07, 6.45) is 2.32. The van der Waals surface area contributed by atoms with E-state index in [0.29, 0.717) is 19.4 Å². The number of carbonyl (C=O) groups excluding carboxylic acids is 1. The number of hydrogen-bond donors (Lipinski definition) is 1. The Bertz CT molecular complexity index is 727. The molecule has 2 aromatic rings. The maximum atomic E-state index is 12.6. The second kappa shape index (κ2) is 7.30. The number of amides is 1. The van der Waals surface area contributed by atoms with E-state index in [-0.39, 0.29) is 5.91 Å². The highest BCUT2D eigenvalue weighted by Gasteiger charge is 2.33. The molecule has 1 N–H and O–H groups in total. The monoisotopic (exact) mass is 323 g/mol. The van der Waals surface area contributed by atoms with E-state index in [1.54, 1.807) is 0 Å². The zero-order valence-corrected chi connectivity index (χ0v) is 13.5. The molecule has 0 spiro atoms. The van der Waals surface area contributed by atoms with Gasteiger partial charge in [0.05, 0.1) is 0 Å². The fourth-order valence-corrected chi connectivity index (χ4v) is 3.24. The lowest BCUT2D eigenvalue weighted by Crippen LogP contribution is -2.48. The molecule has 1 heterocycles. The normalized spacial score (nSPS) is 16.5. The van der Waals surface area contributed by atoms with Crippen molar-refractivity contribution in [3.63, 3.8) is 0 Å². The Morgan fingerprint density at radius 2 is 1.67 bits per heavy atom. The van der Waals surface area contributed by atoms with E-state index in [2.05, 4.69) is 0 Å². The average Bonchev–Trinajstić information content (AvgIpc) is 2.61. The number of carboxylic acids is 1. The highest BCUT2D eigenvalue weighted by Crippen LogP contribution is 2.24. The Balaban J connectivity index is 1.65. The summed E-state index contributed by atoms with van der Waals surface area (Å²) >= 11 is 0. The van der Waals surface area contributed by atoms with Crippen LogP contribution in [0.1, 0.15) is 29.5 Å². The van der Waals surface area contributed by atoms with Crippen molar-refractivity contribution < 1.29 is 14.7 Å². The van der Waals surface area contributed by atoms with Crippen LogP contribution in [0.2, 0.25) is 0 Å². The Morgan fingerprint density at radius 3 is 2.38 bits per heavy atom. The molecule has 124 valence electrons. The summed E-state index contributed by atoms with van der Waals surface area (Å²) in [6.45, 7) is 0.386. The number of aryl methyl sites for hydroxylation is 1. The van der Waals surface area contributed by atoms with E-state index < -0.39 is 12.0 Å². The predicted octanol–water partition coefficient (Wildman–Crippen LogP) is 3.05. The van der Waals surface area contributed by atoms with E-state index in [0.717, 1.165) is 24.0 Å². The van der Waals surface area contributed by atoms with Crippen LogP contribution >= 0.6 is 0 Å². The van der Waals surface area contributed by atoms with E-state index in [1.165, 1.54) is 10.5 Å². The van der Waals surface area contributed by atoms with Gasteiger partial charge in [-0.25, -0.2) is 4.79 Å². The number of rotatable bonds is 5. The molecule has 1 atom stereocenters. The number of carbonyl (C=O) groups is 2. The number of benzene rings is 2. The van der Waals surface area contributed by atoms with Crippen molar-refractivity contribution in [3.05, 3.63) is 71.3 Å². The molecule has 0 fully saturated rings. The van der Waals surface area contributed by atoms with Gasteiger partial charge in [0.15, 0.2) is 0 Å². The third-order valence-electron chi connectivity index (χ3n) is 4.55. The molecule has 0 unspecified atom stereocenters. The summed E-state index contributed by atoms with van der Waals surface area (Å²) in [5.41, 5.74) is 3.27. The van der Waals surface area contributed by atoms with E-state index >= 15 is 0 Å². The molecule has 0 bridgehead atoms. The highest BCUT2D eigenvalue weighted by molar-refractivity contribution is 5.84. The minimum atomic E-state index is -0.930. The Kier molecular flexibility index (Phi) is 4.94. The maximum Gasteiger partial charge on any atom is 0.326 e. The second-order valence-corrected chi connectivity index (χ2v) is 6.19. The largest absolute Gasteiger partial charge is 0.480 e. The molecule has 0 aliphatic carbocycles. The number of carboxylic acid groups (broad SMARTS) is 1. The van der Waals surface area contributed by atoms with Gasteiger partial charge < -0.3 is 10.0 Å². The lowest BCUT2D eigenvalue weighted by molar-refractivity contribution is -0.151. The molecule has 1 amide bonds. The number of nitrogens with zero attached hydrogens (tertiary/aromatic N) is 1. The summed E-state index contributed by atoms with van der Waals surface area (Å²) in [5.74, 6) is -1.01. The van der Waals surface area contributed by atoms with Gasteiger partial charge in [0.1, 0.15) is 6.04 Å². The van der Waals surface area contributed by atoms with Crippen LogP contribution in [0.4, 0.5) is 0 Å². The molecule has 0 aromatic heterocycles. The topological polar surface area (TPSA) is 57.6 Å². The van der Waals surface area contributed by atoms with Crippen LogP contribution in [-0.4, -0.2) is 27.9 Å². The first-order chi connectivity index (χ1) is 11.6. The molecule has 4 heteroatoms. The molecule has 4 nitrogen and oxygen atoms in total. The van der Waals surface area contributed by atoms with Gasteiger partial charge in [0, 0.05) is 19.4 Å². The van der Waals surface area contributed by atoms with Crippen LogP contribution < -0.4 is 0 Å². The Labute approximate surface area is 141 Å². The van der Waals surface area contributed by atoms with Gasteiger partial charge >= 0.3 is 5.97 Å². The van der Waals surface area contributed by atoms with Crippen LogP contribution in [0.25, 0.3) is 0 Å². The summed E-state index contributed by atoms with van der Waals surface area (Å²) in [6, 6.07) is 17.0. The summed E-state index contributed by atoms with van der Waals surface area (Å²) in [7, 11) is 0. The molecular formula is C20H21NO3. The molecular weight excluding hydrogens is 302 g/mol. The van der Waals surface area contributed by atoms with Gasteiger partial charge in [0.2, 0.25) is 5.91 Å². The maximum absolute atomic E-state index is 12.6. The molecule has 3 rings (SSSR count). The minimum absolute atomic E-state index is 0.0761. The average molecular weight is 323 g/mol. The minimum Gasteiger partial charge on any atom is -0.480 e. The first kappa shape index (κ1) is 16.2. The van der Waals surface area contributed by atoms with E-state index in [1.807, 2.05) is 54.6 Å². The third-order valence-corrected chi connectivity index (χ3v) is 4.55. The van der Waals surface area contributed by atoms with Crippen LogP contribution in [0.5, 0.6) is 0 Å². The van der Waals surface area contributed by atoms with Gasteiger partial charge in [-0.2, -0.15) is 0 Å². The quantitative estimate of drug-likeness (QED) is 0.920. The highest BCUT2D eigenvalue weighted by atomic mass is 16.4. The fourth-order valence-electron chi connectivity index (χ4n) is 3.24. The van der Waals surface area contributed by atoms with Crippen molar-refractivity contribution >= 4 is 11.9 Å². The van der Waals surface area contributed by atoms with Crippen molar-refractivity contribution in [2.45, 2.75) is 38.3 Å². The lowest BCUT2D eigenvalue weighted by atomic mass is 9.93. The van der Waals surface area contributed by atoms with Crippen LogP contribution in [0, 0.1) is 0 Å². The fraction of sp³-hybridized carbons (Fsp3) is 0.300. The van der Waals surface area contributed by atoms with Gasteiger partial charge in [-0.1, -0.05) is 54.6 Å². The van der Waals surface area contributed by atoms with Crippen molar-refractivity contribution in [3.8, 4) is 0 Å². The predicted molar refractivity (Wildman–Crippen MR) is 91.5 cm³/mol. The Morgan fingerprint density at radius 1 is 1.00 bits per heavy atom. The van der Waals surface area contributed by atoms with Crippen molar-refractivity contribution in [2.24, 2.45) is 0 Å². The van der Waals surface area contributed by atoms with Gasteiger partial charge in [-0.15, -0.1) is 0 Å². The molecule has 2 aromatic carbocycles. The molecule has 1 aliphatic heterocycles. The molecule has 0 radical (unpaired) electrons. The summed E-state index contributed by atoms with van der Waals surface area (Å²) in [4.78, 5) is 25.7. The van der Waals surface area contributed by atoms with Crippen LogP contribution in [-0.2, 0) is 29.0 Å². The van der Waals surface area contributed by atoms with Gasteiger partial charge in [-0.3, -0.25) is 4.79 Å². The van der Waals surface area contributed by atoms with E-state index in [4.69, 9.17) is 0 Å². The smallest absolute Gasteiger partial charge is 0.326 e. The molecule has 24 heavy (non-hydrogen) atoms. The SMILES string of the molecule is O=C(O)[C@@H]1Cc2ccccc2CN1C(=O)CCCc1ccccc1. The first-order valence-corrected chi connectivity index (χ1v) is 8.28. The number of hydrogen-bond acceptors (Lipinski definition) is 2. The molecule has 0 saturated carbocycles. The first-order valence-electron chi connectivity index (χ1n) is 8.28. The van der Waals surface area contributed by atoms with Crippen molar-refractivity contribution in [2.75, 3.05) is 0 Å². The van der Waals surface area contributed by atoms with Gasteiger partial charge in [0.25, 0.3) is 0 Å². The molecule has 1 aliphatic rings. The lowest BCUT2D eigenvalue weighted by Gasteiger charge is -2.34. The third kappa shape index (κ3) is 3.65. The van der Waals surface area contributed by atoms with Crippen LogP contribution in [0.3, 0.4) is 0 Å². The van der Waals surface area contributed by atoms with Crippen molar-refractivity contribution in [1.29, 1.82) is 0 Å². The zero-order chi connectivity index (χ0) is 16.9. The summed E-state index contributed by atoms with van der Waals surface area (Å²) < 4.78 is 0. The van der Waals surface area contributed by atoms with Crippen LogP contribution in [0.15, 0.2) is 54.6 Å². The standard InChI is InChI=1S/C20H21NO3/c22-19(12-6-9-15-7-2-1-3-8-15)21-14-17-11-5-4-10-16(17)13-18(21)20(23)24/h1-5,7-8,10-11,18H,6,9,12-14H2,(H,23,24)/t18-/m0/s1. The van der Waals surface area contributed by atoms with E-state index in [9.17, 15) is 14.7 Å². The summed E-state index contributed by atoms with van der Waals surface area (Å²) in [5, 5.41) is 9.49. The number of aliphatic carboxylic acids is 1. The second-order valence-electron chi connectivity index (χ2n) is 6.19. The number of fused-ring (bicyclic) bond motifs is 1.